The smallest absolute Gasteiger partial charge is 0.123 e. The summed E-state index contributed by atoms with van der Waals surface area (Å²) in [6, 6.07) is 6.56. The lowest BCUT2D eigenvalue weighted by Crippen LogP contribution is -2.28. The van der Waals surface area contributed by atoms with Crippen molar-refractivity contribution >= 4 is 5.69 Å². The van der Waals surface area contributed by atoms with E-state index >= 15 is 0 Å². The Balaban J connectivity index is 1.69. The molecule has 16 heavy (non-hydrogen) atoms. The molecule has 3 heteroatoms. The highest BCUT2D eigenvalue weighted by Crippen LogP contribution is 2.16. The summed E-state index contributed by atoms with van der Waals surface area (Å²) < 4.78 is 12.7. The number of halogens is 1. The Morgan fingerprint density at radius 1 is 1.19 bits per heavy atom. The minimum atomic E-state index is -0.177. The average Bonchev–Trinajstić information content (AvgIpc) is 2.33. The average molecular weight is 222 g/mol. The van der Waals surface area contributed by atoms with Gasteiger partial charge in [-0.25, -0.2) is 4.39 Å². The summed E-state index contributed by atoms with van der Waals surface area (Å²) in [5.74, 6) is 0.665. The van der Waals surface area contributed by atoms with Crippen LogP contribution in [-0.2, 0) is 0 Å². The number of nitrogens with one attached hydrogen (secondary N) is 2. The molecule has 1 aromatic carbocycles. The van der Waals surface area contributed by atoms with E-state index in [1.807, 2.05) is 0 Å². The molecule has 1 fully saturated rings. The van der Waals surface area contributed by atoms with Crippen LogP contribution < -0.4 is 10.6 Å². The van der Waals surface area contributed by atoms with Crippen molar-refractivity contribution in [1.29, 1.82) is 0 Å². The van der Waals surface area contributed by atoms with Gasteiger partial charge in [0, 0.05) is 12.2 Å². The maximum Gasteiger partial charge on any atom is 0.123 e. The molecule has 1 aromatic rings. The van der Waals surface area contributed by atoms with Gasteiger partial charge in [0.05, 0.1) is 0 Å². The maximum atomic E-state index is 12.7. The SMILES string of the molecule is Fc1ccc(NCCC2CCNCC2)cc1. The fourth-order valence-electron chi connectivity index (χ4n) is 2.16. The molecule has 0 unspecified atom stereocenters. The van der Waals surface area contributed by atoms with Gasteiger partial charge in [0.2, 0.25) is 0 Å². The largest absolute Gasteiger partial charge is 0.385 e. The molecule has 0 aromatic heterocycles. The third-order valence-corrected chi connectivity index (χ3v) is 3.18. The zero-order chi connectivity index (χ0) is 11.2. The third-order valence-electron chi connectivity index (χ3n) is 3.18. The second kappa shape index (κ2) is 5.85. The first-order valence-electron chi connectivity index (χ1n) is 6.05. The van der Waals surface area contributed by atoms with E-state index in [0.717, 1.165) is 31.2 Å². The van der Waals surface area contributed by atoms with Gasteiger partial charge in [-0.3, -0.25) is 0 Å². The molecule has 0 aliphatic carbocycles. The van der Waals surface area contributed by atoms with Gasteiger partial charge in [-0.15, -0.1) is 0 Å². The van der Waals surface area contributed by atoms with E-state index in [9.17, 15) is 4.39 Å². The van der Waals surface area contributed by atoms with Gasteiger partial charge < -0.3 is 10.6 Å². The molecule has 1 aliphatic rings. The van der Waals surface area contributed by atoms with Gasteiger partial charge in [-0.1, -0.05) is 0 Å². The number of benzene rings is 1. The van der Waals surface area contributed by atoms with Gasteiger partial charge in [-0.2, -0.15) is 0 Å². The van der Waals surface area contributed by atoms with Gasteiger partial charge in [0.15, 0.2) is 0 Å². The van der Waals surface area contributed by atoms with E-state index in [2.05, 4.69) is 10.6 Å². The van der Waals surface area contributed by atoms with Crippen molar-refractivity contribution in [3.63, 3.8) is 0 Å². The number of hydrogen-bond donors (Lipinski definition) is 2. The molecule has 88 valence electrons. The van der Waals surface area contributed by atoms with Crippen LogP contribution in [0.4, 0.5) is 10.1 Å². The van der Waals surface area contributed by atoms with Crippen LogP contribution >= 0.6 is 0 Å². The van der Waals surface area contributed by atoms with E-state index < -0.39 is 0 Å². The summed E-state index contributed by atoms with van der Waals surface area (Å²) in [5.41, 5.74) is 1.01. The highest BCUT2D eigenvalue weighted by molar-refractivity contribution is 5.42. The molecule has 0 atom stereocenters. The topological polar surface area (TPSA) is 24.1 Å². The van der Waals surface area contributed by atoms with Crippen molar-refractivity contribution in [2.75, 3.05) is 25.0 Å². The van der Waals surface area contributed by atoms with Crippen molar-refractivity contribution in [1.82, 2.24) is 5.32 Å². The molecule has 0 bridgehead atoms. The molecule has 2 N–H and O–H groups in total. The first-order chi connectivity index (χ1) is 7.84. The summed E-state index contributed by atoms with van der Waals surface area (Å²) in [5, 5.41) is 6.70. The summed E-state index contributed by atoms with van der Waals surface area (Å²) in [7, 11) is 0. The molecule has 0 radical (unpaired) electrons. The number of anilines is 1. The first-order valence-corrected chi connectivity index (χ1v) is 6.05. The lowest BCUT2D eigenvalue weighted by molar-refractivity contribution is 0.361. The predicted octanol–water partition coefficient (Wildman–Crippen LogP) is 2.63. The Bertz CT molecular complexity index is 304. The Labute approximate surface area is 96.2 Å². The lowest BCUT2D eigenvalue weighted by atomic mass is 9.95. The van der Waals surface area contributed by atoms with E-state index in [-0.39, 0.29) is 5.82 Å². The summed E-state index contributed by atoms with van der Waals surface area (Å²) >= 11 is 0. The third kappa shape index (κ3) is 3.49. The standard InChI is InChI=1S/C13H19FN2/c14-12-1-3-13(4-2-12)16-10-7-11-5-8-15-9-6-11/h1-4,11,15-16H,5-10H2. The maximum absolute atomic E-state index is 12.7. The van der Waals surface area contributed by atoms with Gasteiger partial charge in [0.25, 0.3) is 0 Å². The quantitative estimate of drug-likeness (QED) is 0.818. The van der Waals surface area contributed by atoms with Crippen LogP contribution in [0.15, 0.2) is 24.3 Å². The van der Waals surface area contributed by atoms with Crippen LogP contribution in [0.2, 0.25) is 0 Å². The Kier molecular flexibility index (Phi) is 4.17. The lowest BCUT2D eigenvalue weighted by Gasteiger charge is -2.22. The summed E-state index contributed by atoms with van der Waals surface area (Å²) in [6.07, 6.45) is 3.77. The normalized spacial score (nSPS) is 17.3. The Hall–Kier alpha value is -1.09. The highest BCUT2D eigenvalue weighted by Gasteiger charge is 2.11. The van der Waals surface area contributed by atoms with Crippen LogP contribution in [0.5, 0.6) is 0 Å². The van der Waals surface area contributed by atoms with Crippen LogP contribution in [0.25, 0.3) is 0 Å². The van der Waals surface area contributed by atoms with Crippen LogP contribution in [-0.4, -0.2) is 19.6 Å². The van der Waals surface area contributed by atoms with Crippen LogP contribution in [0.1, 0.15) is 19.3 Å². The monoisotopic (exact) mass is 222 g/mol. The molecule has 0 saturated carbocycles. The Morgan fingerprint density at radius 2 is 1.88 bits per heavy atom. The minimum Gasteiger partial charge on any atom is -0.385 e. The van der Waals surface area contributed by atoms with Gasteiger partial charge >= 0.3 is 0 Å². The number of hydrogen-bond acceptors (Lipinski definition) is 2. The fourth-order valence-corrected chi connectivity index (χ4v) is 2.16. The Morgan fingerprint density at radius 3 is 2.56 bits per heavy atom. The molecule has 0 amide bonds. The molecule has 2 nitrogen and oxygen atoms in total. The van der Waals surface area contributed by atoms with Gasteiger partial charge in [-0.05, 0) is 62.5 Å². The second-order valence-electron chi connectivity index (χ2n) is 4.42. The van der Waals surface area contributed by atoms with Crippen molar-refractivity contribution in [2.45, 2.75) is 19.3 Å². The molecular formula is C13H19FN2. The highest BCUT2D eigenvalue weighted by atomic mass is 19.1. The molecule has 1 saturated heterocycles. The first kappa shape index (κ1) is 11.4. The van der Waals surface area contributed by atoms with Crippen molar-refractivity contribution < 1.29 is 4.39 Å². The zero-order valence-electron chi connectivity index (χ0n) is 9.51. The van der Waals surface area contributed by atoms with Crippen LogP contribution in [0, 0.1) is 11.7 Å². The van der Waals surface area contributed by atoms with Gasteiger partial charge in [0.1, 0.15) is 5.82 Å². The molecule has 0 spiro atoms. The predicted molar refractivity (Wildman–Crippen MR) is 65.1 cm³/mol. The molecule has 1 aliphatic heterocycles. The molecule has 2 rings (SSSR count). The molecular weight excluding hydrogens is 203 g/mol. The van der Waals surface area contributed by atoms with E-state index in [1.165, 1.54) is 31.4 Å². The minimum absolute atomic E-state index is 0.177. The second-order valence-corrected chi connectivity index (χ2v) is 4.42. The summed E-state index contributed by atoms with van der Waals surface area (Å²) in [6.45, 7) is 3.29. The van der Waals surface area contributed by atoms with E-state index in [4.69, 9.17) is 0 Å². The van der Waals surface area contributed by atoms with Crippen molar-refractivity contribution in [2.24, 2.45) is 5.92 Å². The van der Waals surface area contributed by atoms with E-state index in [1.54, 1.807) is 12.1 Å². The number of rotatable bonds is 4. The van der Waals surface area contributed by atoms with E-state index in [0.29, 0.717) is 0 Å². The zero-order valence-corrected chi connectivity index (χ0v) is 9.51. The molecule has 1 heterocycles. The fraction of sp³-hybridized carbons (Fsp3) is 0.538. The summed E-state index contributed by atoms with van der Waals surface area (Å²) in [4.78, 5) is 0. The van der Waals surface area contributed by atoms with Crippen molar-refractivity contribution in [3.8, 4) is 0 Å². The van der Waals surface area contributed by atoms with Crippen LogP contribution in [0.3, 0.4) is 0 Å². The van der Waals surface area contributed by atoms with Crippen molar-refractivity contribution in [3.05, 3.63) is 30.1 Å². The number of piperidine rings is 1.